The monoisotopic (exact) mass is 375 g/mol. The van der Waals surface area contributed by atoms with Crippen molar-refractivity contribution in [2.75, 3.05) is 13.1 Å². The Morgan fingerprint density at radius 1 is 1.08 bits per heavy atom. The first-order chi connectivity index (χ1) is 12.1. The minimum absolute atomic E-state index is 0. The molecule has 1 aliphatic heterocycles. The van der Waals surface area contributed by atoms with Gasteiger partial charge in [0.2, 0.25) is 0 Å². The predicted molar refractivity (Wildman–Crippen MR) is 100.0 cm³/mol. The second-order valence-corrected chi connectivity index (χ2v) is 5.89. The molecule has 0 amide bonds. The molecule has 7 heteroatoms. The van der Waals surface area contributed by atoms with Crippen molar-refractivity contribution in [2.24, 2.45) is 0 Å². The number of rotatable bonds is 2. The van der Waals surface area contributed by atoms with Crippen LogP contribution in [0.1, 0.15) is 12.1 Å². The number of nitrogens with zero attached hydrogens (tertiary/aromatic N) is 2. The van der Waals surface area contributed by atoms with E-state index in [0.717, 1.165) is 47.3 Å². The number of hydrogen-bond donors (Lipinski definition) is 1. The van der Waals surface area contributed by atoms with Gasteiger partial charge in [0.05, 0.1) is 11.1 Å². The lowest BCUT2D eigenvalue weighted by molar-refractivity contribution is 0.571. The molecule has 0 radical (unpaired) electrons. The van der Waals surface area contributed by atoms with Gasteiger partial charge in [-0.25, -0.2) is 8.78 Å². The molecular weight excluding hydrogens is 360 g/mol. The Kier molecular flexibility index (Phi) is 5.15. The summed E-state index contributed by atoms with van der Waals surface area (Å²) in [7, 11) is 0. The third kappa shape index (κ3) is 3.13. The molecule has 0 aliphatic carbocycles. The SMILES string of the molecule is Cl.O=c1c2ccccc2c(C2=CCNCC2)nn1-c1ccc(F)cc1F. The maximum atomic E-state index is 14.2. The molecule has 4 rings (SSSR count). The Balaban J connectivity index is 0.00000196. The van der Waals surface area contributed by atoms with E-state index in [0.29, 0.717) is 11.1 Å². The highest BCUT2D eigenvalue weighted by Gasteiger charge is 2.17. The molecule has 134 valence electrons. The molecule has 3 aromatic rings. The van der Waals surface area contributed by atoms with Gasteiger partial charge in [0.1, 0.15) is 11.5 Å². The normalized spacial score (nSPS) is 14.0. The fourth-order valence-corrected chi connectivity index (χ4v) is 3.08. The van der Waals surface area contributed by atoms with E-state index in [1.807, 2.05) is 18.2 Å². The van der Waals surface area contributed by atoms with Crippen LogP contribution in [-0.2, 0) is 0 Å². The predicted octanol–water partition coefficient (Wildman–Crippen LogP) is 3.46. The minimum Gasteiger partial charge on any atom is -0.313 e. The zero-order valence-corrected chi connectivity index (χ0v) is 14.5. The number of aromatic nitrogens is 2. The van der Waals surface area contributed by atoms with Crippen LogP contribution < -0.4 is 10.9 Å². The van der Waals surface area contributed by atoms with E-state index in [2.05, 4.69) is 10.4 Å². The van der Waals surface area contributed by atoms with Crippen molar-refractivity contribution in [2.45, 2.75) is 6.42 Å². The van der Waals surface area contributed by atoms with E-state index in [9.17, 15) is 13.6 Å². The zero-order valence-electron chi connectivity index (χ0n) is 13.7. The second-order valence-electron chi connectivity index (χ2n) is 5.89. The molecule has 0 atom stereocenters. The minimum atomic E-state index is -0.824. The van der Waals surface area contributed by atoms with Crippen molar-refractivity contribution < 1.29 is 8.78 Å². The number of hydrogen-bond acceptors (Lipinski definition) is 3. The van der Waals surface area contributed by atoms with E-state index in [1.54, 1.807) is 12.1 Å². The largest absolute Gasteiger partial charge is 0.313 e. The van der Waals surface area contributed by atoms with Gasteiger partial charge in [0.15, 0.2) is 5.82 Å². The highest BCUT2D eigenvalue weighted by atomic mass is 35.5. The van der Waals surface area contributed by atoms with Gasteiger partial charge < -0.3 is 5.32 Å². The first-order valence-corrected chi connectivity index (χ1v) is 8.03. The number of fused-ring (bicyclic) bond motifs is 1. The first kappa shape index (κ1) is 18.2. The number of halogens is 3. The molecule has 26 heavy (non-hydrogen) atoms. The average Bonchev–Trinajstić information content (AvgIpc) is 2.64. The highest BCUT2D eigenvalue weighted by molar-refractivity contribution is 5.91. The molecule has 0 fully saturated rings. The molecule has 1 N–H and O–H groups in total. The molecule has 2 aromatic carbocycles. The topological polar surface area (TPSA) is 46.9 Å². The second kappa shape index (κ2) is 7.35. The van der Waals surface area contributed by atoms with E-state index < -0.39 is 17.2 Å². The fourth-order valence-electron chi connectivity index (χ4n) is 3.08. The van der Waals surface area contributed by atoms with Crippen molar-refractivity contribution in [3.8, 4) is 5.69 Å². The van der Waals surface area contributed by atoms with Crippen molar-refractivity contribution in [3.05, 3.63) is 76.2 Å². The van der Waals surface area contributed by atoms with Gasteiger partial charge in [-0.05, 0) is 36.7 Å². The summed E-state index contributed by atoms with van der Waals surface area (Å²) in [5, 5.41) is 8.85. The lowest BCUT2D eigenvalue weighted by Gasteiger charge is -2.17. The van der Waals surface area contributed by atoms with Gasteiger partial charge in [-0.1, -0.05) is 24.3 Å². The van der Waals surface area contributed by atoms with Crippen LogP contribution in [0.4, 0.5) is 8.78 Å². The van der Waals surface area contributed by atoms with Crippen molar-refractivity contribution in [3.63, 3.8) is 0 Å². The standard InChI is InChI=1S/C19H15F2N3O.ClH/c20-13-5-6-17(16(21)11-13)24-19(25)15-4-2-1-3-14(15)18(23-24)12-7-9-22-10-8-12;/h1-7,11,22H,8-10H2;1H. The molecule has 2 heterocycles. The van der Waals surface area contributed by atoms with E-state index in [-0.39, 0.29) is 18.1 Å². The Labute approximate surface area is 154 Å². The Morgan fingerprint density at radius 3 is 2.54 bits per heavy atom. The molecule has 1 aliphatic rings. The molecular formula is C19H16ClF2N3O. The molecule has 0 unspecified atom stereocenters. The van der Waals surface area contributed by atoms with Crippen LogP contribution in [-0.4, -0.2) is 22.9 Å². The summed E-state index contributed by atoms with van der Waals surface area (Å²) in [6.07, 6.45) is 2.79. The summed E-state index contributed by atoms with van der Waals surface area (Å²) < 4.78 is 28.5. The van der Waals surface area contributed by atoms with Crippen molar-refractivity contribution >= 4 is 28.8 Å². The molecule has 1 aromatic heterocycles. The van der Waals surface area contributed by atoms with Crippen molar-refractivity contribution in [1.82, 2.24) is 15.1 Å². The van der Waals surface area contributed by atoms with Crippen molar-refractivity contribution in [1.29, 1.82) is 0 Å². The van der Waals surface area contributed by atoms with Crippen LogP contribution in [0.25, 0.3) is 22.0 Å². The van der Waals surface area contributed by atoms with Crippen LogP contribution >= 0.6 is 12.4 Å². The van der Waals surface area contributed by atoms with Gasteiger partial charge in [-0.2, -0.15) is 9.78 Å². The summed E-state index contributed by atoms with van der Waals surface area (Å²) in [4.78, 5) is 12.8. The molecule has 0 saturated carbocycles. The summed E-state index contributed by atoms with van der Waals surface area (Å²) in [5.74, 6) is -1.52. The summed E-state index contributed by atoms with van der Waals surface area (Å²) in [6.45, 7) is 1.53. The number of nitrogens with one attached hydrogen (secondary N) is 1. The quantitative estimate of drug-likeness (QED) is 0.746. The van der Waals surface area contributed by atoms with Crippen LogP contribution in [0.3, 0.4) is 0 Å². The van der Waals surface area contributed by atoms with E-state index >= 15 is 0 Å². The van der Waals surface area contributed by atoms with Crippen LogP contribution in [0.2, 0.25) is 0 Å². The van der Waals surface area contributed by atoms with E-state index in [4.69, 9.17) is 0 Å². The third-order valence-electron chi connectivity index (χ3n) is 4.31. The maximum absolute atomic E-state index is 14.2. The Hall–Kier alpha value is -2.57. The van der Waals surface area contributed by atoms with Gasteiger partial charge in [0, 0.05) is 18.0 Å². The van der Waals surface area contributed by atoms with Gasteiger partial charge in [-0.15, -0.1) is 12.4 Å². The summed E-state index contributed by atoms with van der Waals surface area (Å²) >= 11 is 0. The Bertz CT molecular complexity index is 1060. The maximum Gasteiger partial charge on any atom is 0.279 e. The van der Waals surface area contributed by atoms with Crippen LogP contribution in [0, 0.1) is 11.6 Å². The summed E-state index contributed by atoms with van der Waals surface area (Å²) in [6, 6.07) is 10.2. The Morgan fingerprint density at radius 2 is 1.85 bits per heavy atom. The highest BCUT2D eigenvalue weighted by Crippen LogP contribution is 2.25. The van der Waals surface area contributed by atoms with Gasteiger partial charge in [0.25, 0.3) is 5.56 Å². The molecule has 0 saturated heterocycles. The number of benzene rings is 2. The average molecular weight is 376 g/mol. The molecule has 0 bridgehead atoms. The third-order valence-corrected chi connectivity index (χ3v) is 4.31. The molecule has 4 nitrogen and oxygen atoms in total. The fraction of sp³-hybridized carbons (Fsp3) is 0.158. The lowest BCUT2D eigenvalue weighted by Crippen LogP contribution is -2.25. The zero-order chi connectivity index (χ0) is 17.4. The first-order valence-electron chi connectivity index (χ1n) is 8.03. The van der Waals surface area contributed by atoms with E-state index in [1.165, 1.54) is 6.07 Å². The lowest BCUT2D eigenvalue weighted by atomic mass is 10.0. The van der Waals surface area contributed by atoms with Gasteiger partial charge >= 0.3 is 0 Å². The summed E-state index contributed by atoms with van der Waals surface area (Å²) in [5.41, 5.74) is 1.17. The van der Waals surface area contributed by atoms with Gasteiger partial charge in [-0.3, -0.25) is 4.79 Å². The van der Waals surface area contributed by atoms with Crippen LogP contribution in [0.5, 0.6) is 0 Å². The smallest absolute Gasteiger partial charge is 0.279 e. The molecule has 0 spiro atoms. The van der Waals surface area contributed by atoms with Crippen LogP contribution in [0.15, 0.2) is 53.3 Å².